The molecule has 1 aromatic carbocycles. The van der Waals surface area contributed by atoms with Crippen LogP contribution < -0.4 is 4.74 Å². The summed E-state index contributed by atoms with van der Waals surface area (Å²) in [5.41, 5.74) is 1.17. The molecule has 96 valence electrons. The van der Waals surface area contributed by atoms with E-state index in [4.69, 9.17) is 4.74 Å². The third-order valence-electron chi connectivity index (χ3n) is 2.59. The minimum atomic E-state index is 0.730. The fraction of sp³-hybridized carbons (Fsp3) is 0.385. The van der Waals surface area contributed by atoms with Crippen LogP contribution in [-0.4, -0.2) is 28.1 Å². The Balaban J connectivity index is 2.21. The highest BCUT2D eigenvalue weighted by atomic mass is 32.2. The standard InChI is InChI=1S/C13H17N3OS/c1-10-14-13(9-18-3)16(15-10)8-11-5-4-6-12(7-11)17-2/h4-7H,8-9H2,1-3H3. The van der Waals surface area contributed by atoms with E-state index >= 15 is 0 Å². The summed E-state index contributed by atoms with van der Waals surface area (Å²) < 4.78 is 7.19. The number of thioether (sulfide) groups is 1. The van der Waals surface area contributed by atoms with E-state index in [0.717, 1.165) is 29.7 Å². The quantitative estimate of drug-likeness (QED) is 0.831. The maximum absolute atomic E-state index is 5.23. The van der Waals surface area contributed by atoms with Gasteiger partial charge in [0.15, 0.2) is 0 Å². The van der Waals surface area contributed by atoms with E-state index in [1.165, 1.54) is 5.56 Å². The lowest BCUT2D eigenvalue weighted by Crippen LogP contribution is -2.06. The van der Waals surface area contributed by atoms with Gasteiger partial charge in [0.1, 0.15) is 17.4 Å². The normalized spacial score (nSPS) is 10.6. The molecule has 0 saturated heterocycles. The average Bonchev–Trinajstić information content (AvgIpc) is 2.70. The fourth-order valence-electron chi connectivity index (χ4n) is 1.81. The van der Waals surface area contributed by atoms with Gasteiger partial charge in [-0.25, -0.2) is 9.67 Å². The van der Waals surface area contributed by atoms with Crippen LogP contribution in [0.2, 0.25) is 0 Å². The highest BCUT2D eigenvalue weighted by Crippen LogP contribution is 2.15. The predicted octanol–water partition coefficient (Wildman–Crippen LogP) is 2.51. The minimum Gasteiger partial charge on any atom is -0.497 e. The van der Waals surface area contributed by atoms with Crippen molar-refractivity contribution < 1.29 is 4.74 Å². The zero-order valence-corrected chi connectivity index (χ0v) is 11.7. The Labute approximate surface area is 111 Å². The molecule has 4 nitrogen and oxygen atoms in total. The third kappa shape index (κ3) is 3.04. The van der Waals surface area contributed by atoms with Gasteiger partial charge in [-0.1, -0.05) is 12.1 Å². The Morgan fingerprint density at radius 3 is 2.94 bits per heavy atom. The lowest BCUT2D eigenvalue weighted by molar-refractivity contribution is 0.414. The predicted molar refractivity (Wildman–Crippen MR) is 74.1 cm³/mol. The topological polar surface area (TPSA) is 39.9 Å². The lowest BCUT2D eigenvalue weighted by atomic mass is 10.2. The van der Waals surface area contributed by atoms with E-state index in [1.54, 1.807) is 18.9 Å². The minimum absolute atomic E-state index is 0.730. The molecule has 1 heterocycles. The number of methoxy groups -OCH3 is 1. The van der Waals surface area contributed by atoms with Gasteiger partial charge in [0.2, 0.25) is 0 Å². The molecule has 0 atom stereocenters. The third-order valence-corrected chi connectivity index (χ3v) is 3.14. The number of benzene rings is 1. The average molecular weight is 263 g/mol. The molecule has 0 spiro atoms. The number of ether oxygens (including phenoxy) is 1. The number of hydrogen-bond acceptors (Lipinski definition) is 4. The van der Waals surface area contributed by atoms with Gasteiger partial charge in [-0.05, 0) is 30.9 Å². The highest BCUT2D eigenvalue weighted by Gasteiger charge is 2.07. The summed E-state index contributed by atoms with van der Waals surface area (Å²) in [5.74, 6) is 3.59. The van der Waals surface area contributed by atoms with Gasteiger partial charge >= 0.3 is 0 Å². The lowest BCUT2D eigenvalue weighted by Gasteiger charge is -2.06. The molecule has 0 aliphatic heterocycles. The van der Waals surface area contributed by atoms with Gasteiger partial charge in [-0.15, -0.1) is 0 Å². The molecule has 0 saturated carbocycles. The summed E-state index contributed by atoms with van der Waals surface area (Å²) in [7, 11) is 1.68. The number of nitrogens with zero attached hydrogens (tertiary/aromatic N) is 3. The van der Waals surface area contributed by atoms with Crippen molar-refractivity contribution in [2.75, 3.05) is 13.4 Å². The van der Waals surface area contributed by atoms with Crippen molar-refractivity contribution in [1.82, 2.24) is 14.8 Å². The summed E-state index contributed by atoms with van der Waals surface area (Å²) >= 11 is 1.75. The molecule has 0 amide bonds. The summed E-state index contributed by atoms with van der Waals surface area (Å²) in [5, 5.41) is 4.43. The first-order valence-electron chi connectivity index (χ1n) is 5.75. The van der Waals surface area contributed by atoms with E-state index in [-0.39, 0.29) is 0 Å². The van der Waals surface area contributed by atoms with Crippen molar-refractivity contribution >= 4 is 11.8 Å². The summed E-state index contributed by atoms with van der Waals surface area (Å²) in [6, 6.07) is 8.04. The van der Waals surface area contributed by atoms with Crippen LogP contribution in [0.25, 0.3) is 0 Å². The Morgan fingerprint density at radius 2 is 2.22 bits per heavy atom. The number of hydrogen-bond donors (Lipinski definition) is 0. The Kier molecular flexibility index (Phi) is 4.25. The van der Waals surface area contributed by atoms with Gasteiger partial charge < -0.3 is 4.74 Å². The van der Waals surface area contributed by atoms with Gasteiger partial charge in [0.25, 0.3) is 0 Å². The second-order valence-electron chi connectivity index (χ2n) is 4.02. The van der Waals surface area contributed by atoms with Crippen molar-refractivity contribution in [3.8, 4) is 5.75 Å². The summed E-state index contributed by atoms with van der Waals surface area (Å²) in [4.78, 5) is 4.44. The Bertz CT molecular complexity index is 525. The molecule has 2 rings (SSSR count). The van der Waals surface area contributed by atoms with Crippen molar-refractivity contribution in [1.29, 1.82) is 0 Å². The van der Waals surface area contributed by atoms with Crippen LogP contribution in [0, 0.1) is 6.92 Å². The zero-order valence-electron chi connectivity index (χ0n) is 10.9. The largest absolute Gasteiger partial charge is 0.497 e. The van der Waals surface area contributed by atoms with Crippen LogP contribution >= 0.6 is 11.8 Å². The molecule has 0 bridgehead atoms. The molecule has 0 aliphatic carbocycles. The molecule has 0 aliphatic rings. The first-order valence-corrected chi connectivity index (χ1v) is 7.14. The van der Waals surface area contributed by atoms with Crippen LogP contribution in [0.3, 0.4) is 0 Å². The molecular weight excluding hydrogens is 246 g/mol. The Morgan fingerprint density at radius 1 is 1.39 bits per heavy atom. The van der Waals surface area contributed by atoms with E-state index in [0.29, 0.717) is 0 Å². The number of aromatic nitrogens is 3. The number of rotatable bonds is 5. The fourth-order valence-corrected chi connectivity index (χ4v) is 2.28. The molecular formula is C13H17N3OS. The highest BCUT2D eigenvalue weighted by molar-refractivity contribution is 7.97. The van der Waals surface area contributed by atoms with Gasteiger partial charge in [-0.3, -0.25) is 0 Å². The SMILES string of the molecule is COc1cccc(Cn2nc(C)nc2CSC)c1. The first-order chi connectivity index (χ1) is 8.72. The van der Waals surface area contributed by atoms with E-state index in [1.807, 2.05) is 29.8 Å². The van der Waals surface area contributed by atoms with Gasteiger partial charge in [0.05, 0.1) is 19.4 Å². The molecule has 0 fully saturated rings. The van der Waals surface area contributed by atoms with Crippen LogP contribution in [0.1, 0.15) is 17.2 Å². The van der Waals surface area contributed by atoms with Crippen molar-refractivity contribution in [2.45, 2.75) is 19.2 Å². The summed E-state index contributed by atoms with van der Waals surface area (Å²) in [6.07, 6.45) is 2.07. The van der Waals surface area contributed by atoms with E-state index in [2.05, 4.69) is 22.4 Å². The van der Waals surface area contributed by atoms with Crippen LogP contribution in [-0.2, 0) is 12.3 Å². The van der Waals surface area contributed by atoms with Crippen molar-refractivity contribution in [2.24, 2.45) is 0 Å². The molecule has 2 aromatic rings. The number of aryl methyl sites for hydroxylation is 1. The van der Waals surface area contributed by atoms with E-state index in [9.17, 15) is 0 Å². The first kappa shape index (κ1) is 13.0. The van der Waals surface area contributed by atoms with Crippen LogP contribution in [0.15, 0.2) is 24.3 Å². The van der Waals surface area contributed by atoms with Gasteiger partial charge in [-0.2, -0.15) is 16.9 Å². The molecule has 0 radical (unpaired) electrons. The van der Waals surface area contributed by atoms with Crippen LogP contribution in [0.4, 0.5) is 0 Å². The second-order valence-corrected chi connectivity index (χ2v) is 4.88. The maximum atomic E-state index is 5.23. The smallest absolute Gasteiger partial charge is 0.147 e. The molecule has 18 heavy (non-hydrogen) atoms. The molecule has 0 N–H and O–H groups in total. The van der Waals surface area contributed by atoms with E-state index < -0.39 is 0 Å². The monoisotopic (exact) mass is 263 g/mol. The van der Waals surface area contributed by atoms with Gasteiger partial charge in [0, 0.05) is 0 Å². The zero-order chi connectivity index (χ0) is 13.0. The van der Waals surface area contributed by atoms with Crippen LogP contribution in [0.5, 0.6) is 5.75 Å². The van der Waals surface area contributed by atoms with Crippen molar-refractivity contribution in [3.05, 3.63) is 41.5 Å². The Hall–Kier alpha value is -1.49. The molecule has 5 heteroatoms. The molecule has 1 aromatic heterocycles. The summed E-state index contributed by atoms with van der Waals surface area (Å²) in [6.45, 7) is 2.65. The van der Waals surface area contributed by atoms with Crippen molar-refractivity contribution in [3.63, 3.8) is 0 Å². The maximum Gasteiger partial charge on any atom is 0.147 e. The molecule has 0 unspecified atom stereocenters. The second kappa shape index (κ2) is 5.91.